The van der Waals surface area contributed by atoms with Gasteiger partial charge in [-0.2, -0.15) is 0 Å². The number of nitrogens with two attached hydrogens (primary N) is 2. The monoisotopic (exact) mass is 506 g/mol. The van der Waals surface area contributed by atoms with Gasteiger partial charge in [-0.3, -0.25) is 19.2 Å². The number of primary amides is 1. The van der Waals surface area contributed by atoms with Gasteiger partial charge in [0.2, 0.25) is 23.6 Å². The second-order valence-corrected chi connectivity index (χ2v) is 8.06. The highest BCUT2D eigenvalue weighted by molar-refractivity contribution is 5.94. The van der Waals surface area contributed by atoms with E-state index in [2.05, 4.69) is 20.9 Å². The van der Waals surface area contributed by atoms with E-state index in [1.54, 1.807) is 18.3 Å². The average molecular weight is 507 g/mol. The van der Waals surface area contributed by atoms with Gasteiger partial charge in [-0.25, -0.2) is 4.79 Å². The predicted octanol–water partition coefficient (Wildman–Crippen LogP) is -3.17. The molecule has 0 spiro atoms. The number of aliphatic hydroxyl groups excluding tert-OH is 2. The van der Waals surface area contributed by atoms with Crippen LogP contribution in [0.15, 0.2) is 30.5 Å². The lowest BCUT2D eigenvalue weighted by atomic mass is 10.0. The van der Waals surface area contributed by atoms with Gasteiger partial charge in [0.05, 0.1) is 19.3 Å². The molecule has 0 fully saturated rings. The number of para-hydroxylation sites is 1. The molecule has 1 heterocycles. The molecule has 0 radical (unpaired) electrons. The van der Waals surface area contributed by atoms with Gasteiger partial charge in [-0.05, 0) is 18.1 Å². The third-order valence-electron chi connectivity index (χ3n) is 5.38. The number of aromatic nitrogens is 1. The van der Waals surface area contributed by atoms with E-state index in [4.69, 9.17) is 11.5 Å². The number of carboxylic acids is 1. The van der Waals surface area contributed by atoms with Gasteiger partial charge in [0.25, 0.3) is 0 Å². The third-order valence-corrected chi connectivity index (χ3v) is 5.38. The largest absolute Gasteiger partial charge is 0.480 e. The summed E-state index contributed by atoms with van der Waals surface area (Å²) in [6.45, 7) is -1.75. The quantitative estimate of drug-likeness (QED) is 0.125. The van der Waals surface area contributed by atoms with E-state index in [0.29, 0.717) is 5.56 Å². The van der Waals surface area contributed by atoms with Crippen molar-refractivity contribution in [1.29, 1.82) is 0 Å². The first-order chi connectivity index (χ1) is 17.1. The van der Waals surface area contributed by atoms with Gasteiger partial charge in [0.15, 0.2) is 0 Å². The Morgan fingerprint density at radius 1 is 0.889 bits per heavy atom. The number of carbonyl (C=O) groups excluding carboxylic acids is 4. The molecule has 0 aliphatic carbocycles. The smallest absolute Gasteiger partial charge is 0.326 e. The zero-order valence-corrected chi connectivity index (χ0v) is 19.3. The first-order valence-electron chi connectivity index (χ1n) is 11.0. The summed E-state index contributed by atoms with van der Waals surface area (Å²) >= 11 is 0. The van der Waals surface area contributed by atoms with E-state index in [-0.39, 0.29) is 19.3 Å². The van der Waals surface area contributed by atoms with Crippen molar-refractivity contribution in [1.82, 2.24) is 20.9 Å². The van der Waals surface area contributed by atoms with Crippen LogP contribution in [0.3, 0.4) is 0 Å². The van der Waals surface area contributed by atoms with Gasteiger partial charge in [-0.15, -0.1) is 0 Å². The first kappa shape index (κ1) is 28.2. The highest BCUT2D eigenvalue weighted by Gasteiger charge is 2.30. The maximum atomic E-state index is 12.6. The number of hydrogen-bond donors (Lipinski definition) is 9. The van der Waals surface area contributed by atoms with Gasteiger partial charge >= 0.3 is 5.97 Å². The molecule has 11 N–H and O–H groups in total. The van der Waals surface area contributed by atoms with Crippen LogP contribution in [0.1, 0.15) is 18.4 Å². The Balaban J connectivity index is 2.01. The van der Waals surface area contributed by atoms with E-state index in [1.165, 1.54) is 0 Å². The van der Waals surface area contributed by atoms with Crippen LogP contribution >= 0.6 is 0 Å². The number of nitrogens with one attached hydrogen (secondary N) is 4. The van der Waals surface area contributed by atoms with Crippen molar-refractivity contribution in [2.75, 3.05) is 13.2 Å². The number of rotatable bonds is 14. The summed E-state index contributed by atoms with van der Waals surface area (Å²) in [6.07, 6.45) is 1.30. The van der Waals surface area contributed by atoms with Gasteiger partial charge in [0, 0.05) is 29.9 Å². The Kier molecular flexibility index (Phi) is 10.3. The normalized spacial score (nSPS) is 14.3. The summed E-state index contributed by atoms with van der Waals surface area (Å²) in [4.78, 5) is 62.8. The lowest BCUT2D eigenvalue weighted by Crippen LogP contribution is -2.59. The Hall–Kier alpha value is -4.01. The summed E-state index contributed by atoms with van der Waals surface area (Å²) in [5.74, 6) is -4.86. The molecule has 0 aliphatic heterocycles. The highest BCUT2D eigenvalue weighted by Crippen LogP contribution is 2.19. The van der Waals surface area contributed by atoms with Gasteiger partial charge in [-0.1, -0.05) is 18.2 Å². The maximum absolute atomic E-state index is 12.6. The lowest BCUT2D eigenvalue weighted by Gasteiger charge is -2.23. The first-order valence-corrected chi connectivity index (χ1v) is 11.0. The van der Waals surface area contributed by atoms with Crippen LogP contribution in [0.25, 0.3) is 10.9 Å². The van der Waals surface area contributed by atoms with E-state index in [1.807, 2.05) is 12.1 Å². The average Bonchev–Trinajstić information content (AvgIpc) is 3.26. The maximum Gasteiger partial charge on any atom is 0.326 e. The number of aromatic amines is 1. The molecular weight excluding hydrogens is 476 g/mol. The fourth-order valence-corrected chi connectivity index (χ4v) is 3.36. The van der Waals surface area contributed by atoms with Crippen molar-refractivity contribution in [2.45, 2.75) is 43.4 Å². The standard InChI is InChI=1S/C22H30N6O8/c23-13(5-6-18(24)31)19(32)27-16(9-29)21(34)28-17(10-30)20(33)26-15(22(35)36)7-11-8-25-14-4-2-1-3-12(11)14/h1-4,8,13,15-17,25,29-30H,5-7,9-10,23H2,(H2,24,31)(H,26,33)(H,27,32)(H,28,34)(H,35,36). The Labute approximate surface area is 205 Å². The summed E-state index contributed by atoms with van der Waals surface area (Å²) in [5.41, 5.74) is 12.0. The van der Waals surface area contributed by atoms with Crippen molar-refractivity contribution in [3.05, 3.63) is 36.0 Å². The zero-order valence-electron chi connectivity index (χ0n) is 19.3. The number of hydrogen-bond acceptors (Lipinski definition) is 8. The molecule has 14 heteroatoms. The molecular formula is C22H30N6O8. The van der Waals surface area contributed by atoms with Crippen molar-refractivity contribution in [3.8, 4) is 0 Å². The van der Waals surface area contributed by atoms with Gasteiger partial charge in [0.1, 0.15) is 18.1 Å². The SMILES string of the molecule is NC(=O)CCC(N)C(=O)NC(CO)C(=O)NC(CO)C(=O)NC(Cc1c[nH]c2ccccc12)C(=O)O. The molecule has 36 heavy (non-hydrogen) atoms. The second-order valence-electron chi connectivity index (χ2n) is 8.06. The number of carboxylic acid groups (broad SMARTS) is 1. The number of benzene rings is 1. The van der Waals surface area contributed by atoms with E-state index < -0.39 is 67.0 Å². The van der Waals surface area contributed by atoms with Crippen LogP contribution in [-0.2, 0) is 30.4 Å². The number of H-pyrrole nitrogens is 1. The molecule has 2 aromatic rings. The molecule has 4 unspecified atom stereocenters. The van der Waals surface area contributed by atoms with Crippen molar-refractivity contribution in [2.24, 2.45) is 11.5 Å². The van der Waals surface area contributed by atoms with Crippen LogP contribution < -0.4 is 27.4 Å². The van der Waals surface area contributed by atoms with Crippen molar-refractivity contribution < 1.29 is 39.3 Å². The van der Waals surface area contributed by atoms with Gasteiger partial charge < -0.3 is 47.7 Å². The Morgan fingerprint density at radius 3 is 2.00 bits per heavy atom. The fourth-order valence-electron chi connectivity index (χ4n) is 3.36. The zero-order chi connectivity index (χ0) is 26.8. The number of fused-ring (bicyclic) bond motifs is 1. The summed E-state index contributed by atoms with van der Waals surface area (Å²) < 4.78 is 0. The van der Waals surface area contributed by atoms with E-state index >= 15 is 0 Å². The van der Waals surface area contributed by atoms with Crippen molar-refractivity contribution in [3.63, 3.8) is 0 Å². The number of amides is 4. The molecule has 2 rings (SSSR count). The third kappa shape index (κ3) is 7.76. The predicted molar refractivity (Wildman–Crippen MR) is 126 cm³/mol. The van der Waals surface area contributed by atoms with Crippen LogP contribution in [-0.4, -0.2) is 87.3 Å². The summed E-state index contributed by atoms with van der Waals surface area (Å²) in [5, 5.41) is 36.1. The molecule has 1 aromatic heterocycles. The minimum absolute atomic E-state index is 0.0737. The number of carbonyl (C=O) groups is 5. The fraction of sp³-hybridized carbons (Fsp3) is 0.409. The lowest BCUT2D eigenvalue weighted by molar-refractivity contribution is -0.142. The van der Waals surface area contributed by atoms with Crippen LogP contribution in [0.4, 0.5) is 0 Å². The molecule has 4 amide bonds. The molecule has 196 valence electrons. The molecule has 0 saturated heterocycles. The van der Waals surface area contributed by atoms with E-state index in [0.717, 1.165) is 10.9 Å². The number of aliphatic carboxylic acids is 1. The van der Waals surface area contributed by atoms with Crippen molar-refractivity contribution >= 4 is 40.5 Å². The minimum Gasteiger partial charge on any atom is -0.480 e. The minimum atomic E-state index is -1.57. The van der Waals surface area contributed by atoms with Crippen LogP contribution in [0.2, 0.25) is 0 Å². The molecule has 0 aliphatic rings. The molecule has 1 aromatic carbocycles. The highest BCUT2D eigenvalue weighted by atomic mass is 16.4. The molecule has 14 nitrogen and oxygen atoms in total. The van der Waals surface area contributed by atoms with Crippen LogP contribution in [0, 0.1) is 0 Å². The molecule has 0 bridgehead atoms. The molecule has 0 saturated carbocycles. The Bertz CT molecular complexity index is 1100. The second kappa shape index (κ2) is 13.2. The molecule has 4 atom stereocenters. The summed E-state index contributed by atoms with van der Waals surface area (Å²) in [7, 11) is 0. The topological polar surface area (TPSA) is 250 Å². The van der Waals surface area contributed by atoms with Crippen LogP contribution in [0.5, 0.6) is 0 Å². The van der Waals surface area contributed by atoms with E-state index in [9.17, 15) is 39.3 Å². The Morgan fingerprint density at radius 2 is 1.44 bits per heavy atom. The summed E-state index contributed by atoms with van der Waals surface area (Å²) in [6, 6.07) is 1.54. The number of aliphatic hydroxyl groups is 2.